The highest BCUT2D eigenvalue weighted by Gasteiger charge is 2.25. The molecule has 2 aromatic rings. The Balaban J connectivity index is 1.88. The first-order chi connectivity index (χ1) is 9.24. The summed E-state index contributed by atoms with van der Waals surface area (Å²) in [6.07, 6.45) is 7.82. The Morgan fingerprint density at radius 2 is 1.95 bits per heavy atom. The number of Topliss-reactive ketones (excluding diaryl/α,β-unsaturated/α-hetero) is 1. The summed E-state index contributed by atoms with van der Waals surface area (Å²) in [6.45, 7) is 2.24. The summed E-state index contributed by atoms with van der Waals surface area (Å²) in [4.78, 5) is 21.0. The van der Waals surface area contributed by atoms with E-state index in [1.165, 1.54) is 12.8 Å². The number of ketones is 1. The summed E-state index contributed by atoms with van der Waals surface area (Å²) in [7, 11) is 0. The van der Waals surface area contributed by atoms with Gasteiger partial charge in [0.2, 0.25) is 0 Å². The van der Waals surface area contributed by atoms with Gasteiger partial charge in [0.05, 0.1) is 11.0 Å². The van der Waals surface area contributed by atoms with E-state index < -0.39 is 0 Å². The molecule has 19 heavy (non-hydrogen) atoms. The fourth-order valence-corrected chi connectivity index (χ4v) is 3.02. The van der Waals surface area contributed by atoms with Crippen LogP contribution in [0.2, 0.25) is 0 Å². The first kappa shape index (κ1) is 12.3. The van der Waals surface area contributed by atoms with Gasteiger partial charge in [0.25, 0.3) is 0 Å². The SMILES string of the molecule is CC1CCCC(C(=O)c2ccc3nccnc3c2)C1. The molecule has 1 heterocycles. The Bertz CT molecular complexity index is 608. The maximum Gasteiger partial charge on any atom is 0.166 e. The van der Waals surface area contributed by atoms with Gasteiger partial charge < -0.3 is 0 Å². The van der Waals surface area contributed by atoms with Crippen molar-refractivity contribution in [3.05, 3.63) is 36.2 Å². The van der Waals surface area contributed by atoms with Crippen molar-refractivity contribution in [2.24, 2.45) is 11.8 Å². The van der Waals surface area contributed by atoms with E-state index in [2.05, 4.69) is 16.9 Å². The lowest BCUT2D eigenvalue weighted by molar-refractivity contribution is 0.0868. The van der Waals surface area contributed by atoms with Crippen LogP contribution in [0.25, 0.3) is 11.0 Å². The maximum absolute atomic E-state index is 12.5. The van der Waals surface area contributed by atoms with Crippen LogP contribution in [0.3, 0.4) is 0 Å². The molecular formula is C16H18N2O. The molecule has 1 aliphatic carbocycles. The predicted octanol–water partition coefficient (Wildman–Crippen LogP) is 3.64. The average molecular weight is 254 g/mol. The van der Waals surface area contributed by atoms with Crippen LogP contribution >= 0.6 is 0 Å². The lowest BCUT2D eigenvalue weighted by Crippen LogP contribution is -2.21. The molecule has 0 bridgehead atoms. The van der Waals surface area contributed by atoms with E-state index in [1.54, 1.807) is 12.4 Å². The molecule has 2 unspecified atom stereocenters. The summed E-state index contributed by atoms with van der Waals surface area (Å²) in [5.41, 5.74) is 2.43. The highest BCUT2D eigenvalue weighted by molar-refractivity contribution is 6.00. The number of carbonyl (C=O) groups is 1. The zero-order valence-corrected chi connectivity index (χ0v) is 11.2. The van der Waals surface area contributed by atoms with Crippen molar-refractivity contribution in [1.82, 2.24) is 9.97 Å². The van der Waals surface area contributed by atoms with Gasteiger partial charge in [-0.05, 0) is 37.0 Å². The van der Waals surface area contributed by atoms with Gasteiger partial charge in [0.15, 0.2) is 5.78 Å². The van der Waals surface area contributed by atoms with Crippen LogP contribution < -0.4 is 0 Å². The maximum atomic E-state index is 12.5. The van der Waals surface area contributed by atoms with Crippen LogP contribution in [-0.4, -0.2) is 15.8 Å². The molecule has 3 rings (SSSR count). The number of hydrogen-bond acceptors (Lipinski definition) is 3. The summed E-state index contributed by atoms with van der Waals surface area (Å²) in [5.74, 6) is 1.14. The Labute approximate surface area is 113 Å². The molecule has 1 aromatic carbocycles. The van der Waals surface area contributed by atoms with Gasteiger partial charge in [0, 0.05) is 23.9 Å². The molecule has 0 aliphatic heterocycles. The largest absolute Gasteiger partial charge is 0.294 e. The van der Waals surface area contributed by atoms with E-state index in [9.17, 15) is 4.79 Å². The van der Waals surface area contributed by atoms with Gasteiger partial charge in [-0.25, -0.2) is 0 Å². The summed E-state index contributed by atoms with van der Waals surface area (Å²) in [5, 5.41) is 0. The van der Waals surface area contributed by atoms with Crippen molar-refractivity contribution in [2.75, 3.05) is 0 Å². The highest BCUT2D eigenvalue weighted by Crippen LogP contribution is 2.31. The number of fused-ring (bicyclic) bond motifs is 1. The number of rotatable bonds is 2. The van der Waals surface area contributed by atoms with E-state index in [0.717, 1.165) is 29.4 Å². The van der Waals surface area contributed by atoms with Crippen LogP contribution in [-0.2, 0) is 0 Å². The van der Waals surface area contributed by atoms with Gasteiger partial charge in [-0.1, -0.05) is 19.8 Å². The van der Waals surface area contributed by atoms with Crippen LogP contribution in [0.1, 0.15) is 43.0 Å². The van der Waals surface area contributed by atoms with E-state index in [-0.39, 0.29) is 11.7 Å². The van der Waals surface area contributed by atoms with Crippen molar-refractivity contribution in [3.8, 4) is 0 Å². The minimum atomic E-state index is 0.192. The summed E-state index contributed by atoms with van der Waals surface area (Å²) >= 11 is 0. The molecule has 0 radical (unpaired) electrons. The van der Waals surface area contributed by atoms with E-state index in [4.69, 9.17) is 0 Å². The number of nitrogens with zero attached hydrogens (tertiary/aromatic N) is 2. The molecule has 3 heteroatoms. The molecule has 0 spiro atoms. The third-order valence-electron chi connectivity index (χ3n) is 4.06. The molecular weight excluding hydrogens is 236 g/mol. The standard InChI is InChI=1S/C16H18N2O/c1-11-3-2-4-12(9-11)16(19)13-5-6-14-15(10-13)18-8-7-17-14/h5-8,10-12H,2-4,9H2,1H3. The Kier molecular flexibility index (Phi) is 3.28. The monoisotopic (exact) mass is 254 g/mol. The molecule has 0 amide bonds. The zero-order chi connectivity index (χ0) is 13.2. The summed E-state index contributed by atoms with van der Waals surface area (Å²) in [6, 6.07) is 5.66. The second-order valence-electron chi connectivity index (χ2n) is 5.59. The van der Waals surface area contributed by atoms with Crippen molar-refractivity contribution < 1.29 is 4.79 Å². The minimum Gasteiger partial charge on any atom is -0.294 e. The molecule has 0 N–H and O–H groups in total. The molecule has 0 saturated heterocycles. The molecule has 1 aromatic heterocycles. The van der Waals surface area contributed by atoms with Gasteiger partial charge in [-0.3, -0.25) is 14.8 Å². The summed E-state index contributed by atoms with van der Waals surface area (Å²) < 4.78 is 0. The molecule has 3 nitrogen and oxygen atoms in total. The molecule has 2 atom stereocenters. The van der Waals surface area contributed by atoms with E-state index in [0.29, 0.717) is 5.92 Å². The Morgan fingerprint density at radius 3 is 2.74 bits per heavy atom. The molecule has 1 aliphatic rings. The number of hydrogen-bond donors (Lipinski definition) is 0. The van der Waals surface area contributed by atoms with E-state index >= 15 is 0 Å². The average Bonchev–Trinajstić information content (AvgIpc) is 2.46. The third kappa shape index (κ3) is 2.50. The first-order valence-corrected chi connectivity index (χ1v) is 6.99. The van der Waals surface area contributed by atoms with Gasteiger partial charge in [-0.15, -0.1) is 0 Å². The topological polar surface area (TPSA) is 42.9 Å². The quantitative estimate of drug-likeness (QED) is 0.768. The Hall–Kier alpha value is -1.77. The lowest BCUT2D eigenvalue weighted by Gasteiger charge is -2.25. The number of carbonyl (C=O) groups excluding carboxylic acids is 1. The van der Waals surface area contributed by atoms with Crippen LogP contribution in [0.4, 0.5) is 0 Å². The lowest BCUT2D eigenvalue weighted by atomic mass is 9.79. The van der Waals surface area contributed by atoms with Gasteiger partial charge >= 0.3 is 0 Å². The predicted molar refractivity (Wildman–Crippen MR) is 75.0 cm³/mol. The molecule has 1 saturated carbocycles. The zero-order valence-electron chi connectivity index (χ0n) is 11.2. The minimum absolute atomic E-state index is 0.192. The van der Waals surface area contributed by atoms with Crippen LogP contribution in [0, 0.1) is 11.8 Å². The van der Waals surface area contributed by atoms with Crippen molar-refractivity contribution in [1.29, 1.82) is 0 Å². The highest BCUT2D eigenvalue weighted by atomic mass is 16.1. The van der Waals surface area contributed by atoms with E-state index in [1.807, 2.05) is 18.2 Å². The van der Waals surface area contributed by atoms with Crippen molar-refractivity contribution in [2.45, 2.75) is 32.6 Å². The fraction of sp³-hybridized carbons (Fsp3) is 0.438. The smallest absolute Gasteiger partial charge is 0.166 e. The Morgan fingerprint density at radius 1 is 1.16 bits per heavy atom. The first-order valence-electron chi connectivity index (χ1n) is 6.99. The second-order valence-corrected chi connectivity index (χ2v) is 5.59. The third-order valence-corrected chi connectivity index (χ3v) is 4.06. The number of aromatic nitrogens is 2. The van der Waals surface area contributed by atoms with Crippen LogP contribution in [0.15, 0.2) is 30.6 Å². The van der Waals surface area contributed by atoms with Crippen molar-refractivity contribution >= 4 is 16.8 Å². The molecule has 98 valence electrons. The normalized spacial score (nSPS) is 23.4. The second kappa shape index (κ2) is 5.08. The fourth-order valence-electron chi connectivity index (χ4n) is 3.02. The van der Waals surface area contributed by atoms with Gasteiger partial charge in [-0.2, -0.15) is 0 Å². The number of benzene rings is 1. The van der Waals surface area contributed by atoms with Crippen LogP contribution in [0.5, 0.6) is 0 Å². The van der Waals surface area contributed by atoms with Gasteiger partial charge in [0.1, 0.15) is 0 Å². The molecule has 1 fully saturated rings. The van der Waals surface area contributed by atoms with Crippen molar-refractivity contribution in [3.63, 3.8) is 0 Å².